The van der Waals surface area contributed by atoms with Crippen LogP contribution < -0.4 is 19.6 Å². The van der Waals surface area contributed by atoms with Crippen LogP contribution in [0, 0.1) is 0 Å². The minimum atomic E-state index is -5.68. The molecule has 0 aromatic rings. The van der Waals surface area contributed by atoms with E-state index in [2.05, 4.69) is 4.31 Å². The number of phosphoric acid groups is 2. The molecule has 0 aliphatic rings. The second kappa shape index (κ2) is 6.23. The summed E-state index contributed by atoms with van der Waals surface area (Å²) >= 11 is 0. The zero-order chi connectivity index (χ0) is 7.71. The molecule has 0 fully saturated rings. The van der Waals surface area contributed by atoms with E-state index in [1.54, 1.807) is 0 Å². The molecule has 0 unspecified atom stereocenters. The predicted molar refractivity (Wildman–Crippen MR) is 16.3 cm³/mol. The first-order valence-corrected chi connectivity index (χ1v) is 4.38. The van der Waals surface area contributed by atoms with Crippen LogP contribution in [0.3, 0.4) is 0 Å². The van der Waals surface area contributed by atoms with Gasteiger partial charge in [0.15, 0.2) is 0 Å². The van der Waals surface area contributed by atoms with E-state index in [0.29, 0.717) is 0 Å². The van der Waals surface area contributed by atoms with Gasteiger partial charge in [0.05, 0.1) is 15.6 Å². The van der Waals surface area contributed by atoms with Gasteiger partial charge in [-0.1, -0.05) is 0 Å². The van der Waals surface area contributed by atoms with E-state index < -0.39 is 15.6 Å². The quantitative estimate of drug-likeness (QED) is 0.251. The fourth-order valence-electron chi connectivity index (χ4n) is 0.122. The van der Waals surface area contributed by atoms with Crippen LogP contribution in [0.1, 0.15) is 0 Å². The maximum atomic E-state index is 9.32. The van der Waals surface area contributed by atoms with Crippen molar-refractivity contribution in [1.82, 2.24) is 0 Å². The Hall–Kier alpha value is 1.74. The summed E-state index contributed by atoms with van der Waals surface area (Å²) < 4.78 is 21.2. The fourth-order valence-corrected chi connectivity index (χ4v) is 1.10. The Labute approximate surface area is 93.0 Å². The summed E-state index contributed by atoms with van der Waals surface area (Å²) in [4.78, 5) is 37.3. The summed E-state index contributed by atoms with van der Waals surface area (Å²) in [7, 11) is -11.4. The molecule has 0 amide bonds. The van der Waals surface area contributed by atoms with Crippen molar-refractivity contribution in [1.29, 1.82) is 0 Å². The maximum Gasteiger partial charge on any atom is 0.0655 e. The smallest absolute Gasteiger partial charge is 0.0655 e. The largest absolute Gasteiger partial charge is 0.790 e. The Kier molecular flexibility index (Phi) is 10.5. The van der Waals surface area contributed by atoms with Crippen LogP contribution in [0.15, 0.2) is 0 Å². The van der Waals surface area contributed by atoms with Gasteiger partial charge in [-0.05, 0) is 0 Å². The fraction of sp³-hybridized carbons (Fsp3) is 0. The normalized spacial score (nSPS) is 11.3. The molecule has 0 N–H and O–H groups in total. The van der Waals surface area contributed by atoms with E-state index >= 15 is 0 Å². The standard InChI is InChI=1S/2Au.H4O7P2/c;;1-8(2,3)7-9(4,5)6/h;;(H2,1,2,3)(H2,4,5,6)/p-4. The monoisotopic (exact) mass is 568 g/mol. The van der Waals surface area contributed by atoms with Crippen molar-refractivity contribution in [2.75, 3.05) is 0 Å². The maximum absolute atomic E-state index is 9.32. The molecule has 0 bridgehead atoms. The van der Waals surface area contributed by atoms with Gasteiger partial charge in [0, 0.05) is 44.8 Å². The second-order valence-corrected chi connectivity index (χ2v) is 3.42. The molecule has 0 aromatic heterocycles. The third-order valence-corrected chi connectivity index (χ3v) is 1.80. The van der Waals surface area contributed by atoms with E-state index in [-0.39, 0.29) is 44.8 Å². The molecular weight excluding hydrogens is 568 g/mol. The number of hydrogen-bond acceptors (Lipinski definition) is 7. The zero-order valence-corrected chi connectivity index (χ0v) is 10.5. The molecule has 2 radical (unpaired) electrons. The molecule has 0 rings (SSSR count). The first-order valence-electron chi connectivity index (χ1n) is 1.46. The van der Waals surface area contributed by atoms with Crippen LogP contribution in [-0.4, -0.2) is 0 Å². The molecule has 0 spiro atoms. The Morgan fingerprint density at radius 1 is 0.818 bits per heavy atom. The number of hydrogen-bond donors (Lipinski definition) is 0. The van der Waals surface area contributed by atoms with Gasteiger partial charge < -0.3 is 33.0 Å². The Morgan fingerprint density at radius 3 is 1.00 bits per heavy atom. The number of rotatable bonds is 2. The average Bonchev–Trinajstić information content (AvgIpc) is 1.14. The molecule has 0 aliphatic carbocycles. The van der Waals surface area contributed by atoms with E-state index in [4.69, 9.17) is 0 Å². The molecule has 0 heterocycles. The Bertz CT molecular complexity index is 155. The summed E-state index contributed by atoms with van der Waals surface area (Å²) in [6.07, 6.45) is 0. The summed E-state index contributed by atoms with van der Waals surface area (Å²) in [5.74, 6) is 0. The van der Waals surface area contributed by atoms with Gasteiger partial charge in [-0.25, -0.2) is 0 Å². The van der Waals surface area contributed by atoms with Gasteiger partial charge in [-0.15, -0.1) is 0 Å². The van der Waals surface area contributed by atoms with E-state index in [1.165, 1.54) is 0 Å². The minimum Gasteiger partial charge on any atom is -0.790 e. The van der Waals surface area contributed by atoms with Crippen molar-refractivity contribution in [3.05, 3.63) is 0 Å². The van der Waals surface area contributed by atoms with Crippen molar-refractivity contribution < 1.29 is 77.8 Å². The van der Waals surface area contributed by atoms with Crippen LogP contribution in [0.4, 0.5) is 0 Å². The van der Waals surface area contributed by atoms with Crippen LogP contribution in [0.5, 0.6) is 0 Å². The van der Waals surface area contributed by atoms with Gasteiger partial charge >= 0.3 is 0 Å². The van der Waals surface area contributed by atoms with E-state index in [0.717, 1.165) is 0 Å². The molecule has 0 saturated heterocycles. The van der Waals surface area contributed by atoms with E-state index in [9.17, 15) is 28.7 Å². The predicted octanol–water partition coefficient (Wildman–Crippen LogP) is -3.34. The van der Waals surface area contributed by atoms with Crippen LogP contribution in [0.25, 0.3) is 0 Å². The molecule has 11 heteroatoms. The van der Waals surface area contributed by atoms with Crippen molar-refractivity contribution in [3.8, 4) is 0 Å². The zero-order valence-electron chi connectivity index (χ0n) is 4.36. The third-order valence-electron chi connectivity index (χ3n) is 0.200. The molecule has 0 aliphatic heterocycles. The van der Waals surface area contributed by atoms with E-state index in [1.807, 2.05) is 0 Å². The van der Waals surface area contributed by atoms with Gasteiger partial charge in [-0.2, -0.15) is 0 Å². The SMILES string of the molecule is O=P([O-])([O-])OP(=O)([O-])[O-].[Au].[Au]. The molecule has 7 nitrogen and oxygen atoms in total. The van der Waals surface area contributed by atoms with Crippen LogP contribution >= 0.6 is 15.6 Å². The van der Waals surface area contributed by atoms with Crippen molar-refractivity contribution in [2.45, 2.75) is 0 Å². The van der Waals surface area contributed by atoms with Gasteiger partial charge in [0.25, 0.3) is 0 Å². The average molecular weight is 568 g/mol. The molecule has 11 heavy (non-hydrogen) atoms. The molecule has 78 valence electrons. The van der Waals surface area contributed by atoms with Crippen LogP contribution in [-0.2, 0) is 58.2 Å². The summed E-state index contributed by atoms with van der Waals surface area (Å²) in [5, 5.41) is 0. The third kappa shape index (κ3) is 18.6. The molecular formula is Au2O7P2-4. The first kappa shape index (κ1) is 18.5. The van der Waals surface area contributed by atoms with Crippen molar-refractivity contribution in [3.63, 3.8) is 0 Å². The molecule has 0 aromatic carbocycles. The van der Waals surface area contributed by atoms with Crippen molar-refractivity contribution in [2.24, 2.45) is 0 Å². The van der Waals surface area contributed by atoms with Crippen LogP contribution in [0.2, 0.25) is 0 Å². The minimum absolute atomic E-state index is 0. The molecule has 0 atom stereocenters. The first-order chi connectivity index (χ1) is 3.71. The molecule has 0 saturated carbocycles. The van der Waals surface area contributed by atoms with Gasteiger partial charge in [0.2, 0.25) is 0 Å². The second-order valence-electron chi connectivity index (χ2n) is 0.976. The Balaban J connectivity index is -0.000000320. The van der Waals surface area contributed by atoms with Crippen molar-refractivity contribution >= 4 is 15.6 Å². The van der Waals surface area contributed by atoms with Gasteiger partial charge in [0.1, 0.15) is 0 Å². The summed E-state index contributed by atoms with van der Waals surface area (Å²) in [5.41, 5.74) is 0. The Morgan fingerprint density at radius 2 is 1.00 bits per heavy atom. The van der Waals surface area contributed by atoms with Gasteiger partial charge in [-0.3, -0.25) is 0 Å². The summed E-state index contributed by atoms with van der Waals surface area (Å²) in [6.45, 7) is 0. The summed E-state index contributed by atoms with van der Waals surface area (Å²) in [6, 6.07) is 0. The topological polar surface area (TPSA) is 136 Å².